The Morgan fingerprint density at radius 1 is 0.402 bits per heavy atom. The number of halogens is 10. The van der Waals surface area contributed by atoms with Gasteiger partial charge in [0, 0.05) is 91.5 Å². The Morgan fingerprint density at radius 2 is 0.682 bits per heavy atom. The van der Waals surface area contributed by atoms with Gasteiger partial charge in [0.2, 0.25) is 0 Å². The fourth-order valence-corrected chi connectivity index (χ4v) is 12.0. The number of aryl methyl sites for hydroxylation is 6. The normalized spacial score (nSPS) is 11.1. The second kappa shape index (κ2) is 34.1. The van der Waals surface area contributed by atoms with Gasteiger partial charge in [-0.25, -0.2) is 18.7 Å². The molecule has 4 heterocycles. The van der Waals surface area contributed by atoms with E-state index in [0.29, 0.717) is 64.0 Å². The van der Waals surface area contributed by atoms with Gasteiger partial charge in [-0.2, -0.15) is 46.7 Å². The molecule has 12 rings (SSSR count). The van der Waals surface area contributed by atoms with Crippen LogP contribution in [0.15, 0.2) is 194 Å². The van der Waals surface area contributed by atoms with Crippen LogP contribution in [0.4, 0.5) is 43.4 Å². The molecule has 0 aliphatic carbocycles. The molecule has 8 aromatic carbocycles. The van der Waals surface area contributed by atoms with Gasteiger partial charge in [-0.3, -0.25) is 39.4 Å². The van der Waals surface area contributed by atoms with Crippen molar-refractivity contribution in [1.29, 1.82) is 0 Å². The summed E-state index contributed by atoms with van der Waals surface area (Å²) in [5.41, 5.74) is 12.1. The predicted molar refractivity (Wildman–Crippen MR) is 395 cm³/mol. The van der Waals surface area contributed by atoms with E-state index in [9.17, 15) is 65.7 Å². The van der Waals surface area contributed by atoms with Crippen molar-refractivity contribution in [1.82, 2.24) is 39.1 Å². The number of ketones is 4. The van der Waals surface area contributed by atoms with Crippen molar-refractivity contribution in [2.24, 2.45) is 0 Å². The molecule has 30 heteroatoms. The quantitative estimate of drug-likeness (QED) is 0.0260. The van der Waals surface area contributed by atoms with Crippen LogP contribution >= 0.6 is 46.4 Å². The summed E-state index contributed by atoms with van der Waals surface area (Å²) in [6.07, 6.45) is -9.05. The monoisotopic (exact) mass is 1540 g/mol. The number of alkyl halides is 6. The number of Topliss-reactive ketones (excluding diaryl/α,β-unsaturated/α-hetero) is 4. The van der Waals surface area contributed by atoms with Gasteiger partial charge >= 0.3 is 12.4 Å². The van der Waals surface area contributed by atoms with E-state index in [1.54, 1.807) is 108 Å². The first kappa shape index (κ1) is 79.5. The largest absolute Gasteiger partial charge is 0.494 e. The Balaban J connectivity index is 0.000000165. The van der Waals surface area contributed by atoms with Crippen LogP contribution in [0.5, 0.6) is 5.75 Å². The van der Waals surface area contributed by atoms with Crippen LogP contribution in [-0.4, -0.2) is 79.2 Å². The van der Waals surface area contributed by atoms with Gasteiger partial charge in [-0.05, 0) is 173 Å². The summed E-state index contributed by atoms with van der Waals surface area (Å²) in [5, 5.41) is 41.3. The number of nitrogen functional groups attached to an aromatic ring is 1. The van der Waals surface area contributed by atoms with Crippen LogP contribution in [0.2, 0.25) is 20.1 Å². The van der Waals surface area contributed by atoms with E-state index >= 15 is 0 Å². The third kappa shape index (κ3) is 19.7. The number of nitrogens with two attached hydrogens (primary N) is 1. The third-order valence-corrected chi connectivity index (χ3v) is 17.7. The molecule has 0 saturated heterocycles. The Bertz CT molecular complexity index is 5380. The summed E-state index contributed by atoms with van der Waals surface area (Å²) >= 11 is 24.3. The number of hydrogen-bond donors (Lipinski definition) is 1. The number of ether oxygens (including phenoxy) is 1. The van der Waals surface area contributed by atoms with Crippen LogP contribution in [0.3, 0.4) is 0 Å². The minimum Gasteiger partial charge on any atom is -0.494 e. The first-order valence-electron chi connectivity index (χ1n) is 32.2. The number of anilines is 1. The van der Waals surface area contributed by atoms with Gasteiger partial charge in [-0.15, -0.1) is 0 Å². The number of nitro groups is 2. The number of carbonyl (C=O) groups excluding carboxylic acids is 4. The zero-order valence-electron chi connectivity index (χ0n) is 57.8. The standard InChI is InChI=1S/C20H16ClF3N2O2.C19H13ClF3N3O3.C19H16ClN3O3.C19H18ClN3O/c1-12-9-19(20(22,23)24)26(25-12)16-8-7-14(11-18(16)28-2)17(27)10-13-5-3-4-6-15(13)21;1-11-8-18(19(21,22)23)25(24-11)15-7-6-13(9-16(15)26(28)29)17(27)10-12-4-2-3-5-14(12)20;1-12-9-13(2)22(21-12)17-8-7-15(10-18(17)23(25)26)19(24)11-14-5-3-4-6-16(14)20;1-12-9-13(2)23(22-12)18-8-7-15(10-17(18)21)19(24)11-14-5-3-4-6-16(14)20/h3-9,11H,10H2,1-2H3;2-9H,10H2,1H3;3-10H,11H2,1-2H3;3-10H,11,21H2,1-2H3. The summed E-state index contributed by atoms with van der Waals surface area (Å²) in [6.45, 7) is 10.4. The van der Waals surface area contributed by atoms with E-state index in [4.69, 9.17) is 56.9 Å². The Kier molecular flexibility index (Phi) is 25.4. The highest BCUT2D eigenvalue weighted by Crippen LogP contribution is 2.38. The van der Waals surface area contributed by atoms with Crippen LogP contribution in [0, 0.1) is 61.8 Å². The lowest BCUT2D eigenvalue weighted by atomic mass is 10.0. The van der Waals surface area contributed by atoms with Crippen molar-refractivity contribution in [3.63, 3.8) is 0 Å². The smallest absolute Gasteiger partial charge is 0.433 e. The molecule has 2 N–H and O–H groups in total. The number of aromatic nitrogens is 8. The molecule has 4 aromatic heterocycles. The topological polar surface area (TPSA) is 261 Å². The Morgan fingerprint density at radius 3 is 0.991 bits per heavy atom. The highest BCUT2D eigenvalue weighted by Gasteiger charge is 2.39. The first-order valence-corrected chi connectivity index (χ1v) is 33.7. The zero-order valence-corrected chi connectivity index (χ0v) is 60.8. The summed E-state index contributed by atoms with van der Waals surface area (Å²) < 4.78 is 89.5. The molecule has 0 radical (unpaired) electrons. The third-order valence-electron chi connectivity index (χ3n) is 16.3. The number of nitrogens with zero attached hydrogens (tertiary/aromatic N) is 10. The van der Waals surface area contributed by atoms with Gasteiger partial charge in [0.25, 0.3) is 11.4 Å². The molecular formula is C77H63Cl4F6N11O9. The Labute approximate surface area is 627 Å². The van der Waals surface area contributed by atoms with Gasteiger partial charge in [0.05, 0.1) is 51.1 Å². The van der Waals surface area contributed by atoms with Crippen molar-refractivity contribution >= 4 is 86.6 Å². The van der Waals surface area contributed by atoms with Crippen molar-refractivity contribution in [3.8, 4) is 28.5 Å². The van der Waals surface area contributed by atoms with Gasteiger partial charge in [0.15, 0.2) is 23.1 Å². The van der Waals surface area contributed by atoms with Crippen molar-refractivity contribution in [2.45, 2.75) is 79.6 Å². The molecule has 0 aliphatic heterocycles. The first-order chi connectivity index (χ1) is 50.6. The molecule has 0 amide bonds. The van der Waals surface area contributed by atoms with Crippen LogP contribution < -0.4 is 10.5 Å². The highest BCUT2D eigenvalue weighted by molar-refractivity contribution is 6.32. The number of methoxy groups -OCH3 is 1. The summed E-state index contributed by atoms with van der Waals surface area (Å²) in [5.74, 6) is -0.833. The average molecular weight is 1540 g/mol. The SMILES string of the molecule is COc1cc(C(=O)Cc2ccccc2Cl)ccc1-n1nc(C)cc1C(F)(F)F.Cc1cc(C(F)(F)F)n(-c2ccc(C(=O)Cc3ccccc3Cl)cc2[N+](=O)[O-])n1.Cc1cc(C)n(-c2ccc(C(=O)Cc3ccccc3Cl)cc2N)n1.Cc1cc(C)n(-c2ccc(C(=O)Cc3ccccc3Cl)cc2[N+](=O)[O-])n1. The minimum absolute atomic E-state index is 0.0159. The summed E-state index contributed by atoms with van der Waals surface area (Å²) in [4.78, 5) is 71.9. The number of carbonyl (C=O) groups is 4. The van der Waals surface area contributed by atoms with Gasteiger partial charge in [0.1, 0.15) is 34.2 Å². The van der Waals surface area contributed by atoms with E-state index in [0.717, 1.165) is 63.0 Å². The lowest BCUT2D eigenvalue weighted by Crippen LogP contribution is -2.15. The van der Waals surface area contributed by atoms with E-state index in [-0.39, 0.29) is 88.4 Å². The fraction of sp³-hybridized carbons (Fsp3) is 0.169. The minimum atomic E-state index is -4.76. The molecule has 0 aliphatic rings. The van der Waals surface area contributed by atoms with Crippen molar-refractivity contribution in [3.05, 3.63) is 325 Å². The summed E-state index contributed by atoms with van der Waals surface area (Å²) in [7, 11) is 1.32. The summed E-state index contributed by atoms with van der Waals surface area (Å²) in [6, 6.07) is 50.8. The maximum Gasteiger partial charge on any atom is 0.433 e. The van der Waals surface area contributed by atoms with Crippen molar-refractivity contribution in [2.75, 3.05) is 12.8 Å². The number of rotatable bonds is 19. The van der Waals surface area contributed by atoms with Crippen LogP contribution in [-0.2, 0) is 38.0 Å². The molecule has 550 valence electrons. The van der Waals surface area contributed by atoms with Crippen LogP contribution in [0.1, 0.15) is 109 Å². The van der Waals surface area contributed by atoms with Crippen molar-refractivity contribution < 1.29 is 60.1 Å². The predicted octanol–water partition coefficient (Wildman–Crippen LogP) is 19.1. The molecule has 20 nitrogen and oxygen atoms in total. The lowest BCUT2D eigenvalue weighted by Gasteiger charge is -2.14. The van der Waals surface area contributed by atoms with E-state index in [1.165, 1.54) is 56.0 Å². The molecular weight excluding hydrogens is 1480 g/mol. The number of nitro benzene ring substituents is 2. The number of benzene rings is 8. The molecule has 107 heavy (non-hydrogen) atoms. The maximum atomic E-state index is 13.3. The molecule has 0 atom stereocenters. The molecule has 0 fully saturated rings. The Hall–Kier alpha value is -11.6. The van der Waals surface area contributed by atoms with Gasteiger partial charge < -0.3 is 10.5 Å². The maximum absolute atomic E-state index is 13.3. The molecule has 0 saturated carbocycles. The molecule has 0 spiro atoms. The van der Waals surface area contributed by atoms with E-state index < -0.39 is 45.1 Å². The number of hydrogen-bond acceptors (Lipinski definition) is 14. The molecule has 0 bridgehead atoms. The zero-order chi connectivity index (χ0) is 77.9. The molecule has 12 aromatic rings. The second-order valence-electron chi connectivity index (χ2n) is 24.2. The fourth-order valence-electron chi connectivity index (χ4n) is 11.2. The lowest BCUT2D eigenvalue weighted by molar-refractivity contribution is -0.384. The highest BCUT2D eigenvalue weighted by atomic mass is 35.5. The van der Waals surface area contributed by atoms with Gasteiger partial charge in [-0.1, -0.05) is 119 Å². The second-order valence-corrected chi connectivity index (χ2v) is 25.8. The average Bonchev–Trinajstić information content (AvgIpc) is 1.69. The molecule has 0 unspecified atom stereocenters. The van der Waals surface area contributed by atoms with E-state index in [2.05, 4.69) is 20.4 Å². The van der Waals surface area contributed by atoms with E-state index in [1.807, 2.05) is 64.1 Å². The van der Waals surface area contributed by atoms with Crippen LogP contribution in [0.25, 0.3) is 22.7 Å².